The van der Waals surface area contributed by atoms with Crippen LogP contribution in [0.25, 0.3) is 22.9 Å². The quantitative estimate of drug-likeness (QED) is 0.341. The highest BCUT2D eigenvalue weighted by atomic mass is 35.5. The summed E-state index contributed by atoms with van der Waals surface area (Å²) in [6.45, 7) is 1.96. The first-order valence-corrected chi connectivity index (χ1v) is 11.3. The van der Waals surface area contributed by atoms with E-state index in [9.17, 15) is 0 Å². The average Bonchev–Trinajstić information content (AvgIpc) is 3.62. The summed E-state index contributed by atoms with van der Waals surface area (Å²) in [6.07, 6.45) is 6.77. The van der Waals surface area contributed by atoms with E-state index >= 15 is 0 Å². The number of pyridine rings is 1. The number of aryl methyl sites for hydroxylation is 1. The van der Waals surface area contributed by atoms with E-state index in [1.54, 1.807) is 34.1 Å². The number of fused-ring (bicyclic) bond motifs is 4. The van der Waals surface area contributed by atoms with Crippen molar-refractivity contribution in [3.63, 3.8) is 0 Å². The Morgan fingerprint density at radius 2 is 1.97 bits per heavy atom. The molecule has 9 nitrogen and oxygen atoms in total. The van der Waals surface area contributed by atoms with Gasteiger partial charge in [-0.2, -0.15) is 5.10 Å². The van der Waals surface area contributed by atoms with Crippen LogP contribution in [0.4, 0.5) is 0 Å². The van der Waals surface area contributed by atoms with Crippen LogP contribution in [0.3, 0.4) is 0 Å². The van der Waals surface area contributed by atoms with E-state index in [2.05, 4.69) is 15.1 Å². The maximum atomic E-state index is 6.40. The summed E-state index contributed by atoms with van der Waals surface area (Å²) in [6, 6.07) is 15.0. The average molecular weight is 482 g/mol. The molecule has 10 heteroatoms. The Balaban J connectivity index is 1.50. The van der Waals surface area contributed by atoms with Gasteiger partial charge in [-0.25, -0.2) is 19.2 Å². The van der Waals surface area contributed by atoms with E-state index in [0.29, 0.717) is 34.0 Å². The molecule has 0 spiro atoms. The predicted molar refractivity (Wildman–Crippen MR) is 127 cm³/mol. The first-order valence-electron chi connectivity index (χ1n) is 10.9. The number of aromatic nitrogens is 7. The summed E-state index contributed by atoms with van der Waals surface area (Å²) in [7, 11) is 0. The second kappa shape index (κ2) is 7.51. The molecule has 1 aliphatic heterocycles. The second-order valence-electron chi connectivity index (χ2n) is 8.16. The third-order valence-electron chi connectivity index (χ3n) is 6.03. The molecule has 1 aliphatic rings. The highest BCUT2D eigenvalue weighted by molar-refractivity contribution is 6.30. The summed E-state index contributed by atoms with van der Waals surface area (Å²) < 4.78 is 15.3. The van der Waals surface area contributed by atoms with Crippen LogP contribution in [-0.2, 0) is 0 Å². The van der Waals surface area contributed by atoms with Crippen LogP contribution in [0.1, 0.15) is 28.3 Å². The SMILES string of the molecule is Cc1nn(-c2cccc(Cl)c2)c2c1[C@@H](c1cccnc1)c1c(ncn3nc(-c4ccco4)nc13)O2. The Kier molecular flexibility index (Phi) is 4.27. The fourth-order valence-electron chi connectivity index (χ4n) is 4.55. The van der Waals surface area contributed by atoms with Gasteiger partial charge in [-0.15, -0.1) is 5.10 Å². The Bertz CT molecular complexity index is 1710. The minimum absolute atomic E-state index is 0.278. The maximum Gasteiger partial charge on any atom is 0.230 e. The molecule has 6 heterocycles. The lowest BCUT2D eigenvalue weighted by molar-refractivity contribution is 0.402. The van der Waals surface area contributed by atoms with Gasteiger partial charge in [0.25, 0.3) is 0 Å². The molecule has 0 fully saturated rings. The van der Waals surface area contributed by atoms with Crippen molar-refractivity contribution in [1.82, 2.24) is 34.3 Å². The van der Waals surface area contributed by atoms with Crippen molar-refractivity contribution in [2.75, 3.05) is 0 Å². The van der Waals surface area contributed by atoms with Crippen LogP contribution in [0.2, 0.25) is 5.02 Å². The summed E-state index contributed by atoms with van der Waals surface area (Å²) in [5, 5.41) is 10.00. The van der Waals surface area contributed by atoms with Gasteiger partial charge in [0.15, 0.2) is 11.4 Å². The van der Waals surface area contributed by atoms with E-state index in [1.165, 1.54) is 0 Å². The molecule has 1 aromatic carbocycles. The minimum atomic E-state index is -0.278. The number of furan rings is 1. The predicted octanol–water partition coefficient (Wildman–Crippen LogP) is 5.21. The minimum Gasteiger partial charge on any atom is -0.461 e. The van der Waals surface area contributed by atoms with Gasteiger partial charge in [-0.05, 0) is 48.9 Å². The fourth-order valence-corrected chi connectivity index (χ4v) is 4.74. The number of hydrogen-bond acceptors (Lipinski definition) is 7. The molecule has 5 aromatic heterocycles. The maximum absolute atomic E-state index is 6.40. The van der Waals surface area contributed by atoms with Crippen LogP contribution >= 0.6 is 11.6 Å². The van der Waals surface area contributed by atoms with E-state index in [4.69, 9.17) is 30.8 Å². The highest BCUT2D eigenvalue weighted by Gasteiger charge is 2.38. The summed E-state index contributed by atoms with van der Waals surface area (Å²) in [5.74, 6) is 1.77. The zero-order valence-corrected chi connectivity index (χ0v) is 19.1. The summed E-state index contributed by atoms with van der Waals surface area (Å²) in [4.78, 5) is 13.8. The fraction of sp³-hybridized carbons (Fsp3) is 0.0800. The van der Waals surface area contributed by atoms with Gasteiger partial charge in [0.2, 0.25) is 17.6 Å². The third kappa shape index (κ3) is 3.05. The van der Waals surface area contributed by atoms with Crippen LogP contribution in [0, 0.1) is 6.92 Å². The molecule has 0 saturated carbocycles. The molecule has 35 heavy (non-hydrogen) atoms. The highest BCUT2D eigenvalue weighted by Crippen LogP contribution is 2.49. The van der Waals surface area contributed by atoms with Crippen LogP contribution in [0.5, 0.6) is 11.8 Å². The molecule has 0 N–H and O–H groups in total. The summed E-state index contributed by atoms with van der Waals surface area (Å²) in [5.41, 5.74) is 4.88. The van der Waals surface area contributed by atoms with Crippen LogP contribution in [-0.4, -0.2) is 34.3 Å². The van der Waals surface area contributed by atoms with E-state index < -0.39 is 0 Å². The van der Waals surface area contributed by atoms with Gasteiger partial charge < -0.3 is 9.15 Å². The van der Waals surface area contributed by atoms with Crippen molar-refractivity contribution in [2.45, 2.75) is 12.8 Å². The van der Waals surface area contributed by atoms with Crippen molar-refractivity contribution < 1.29 is 9.15 Å². The van der Waals surface area contributed by atoms with Gasteiger partial charge >= 0.3 is 0 Å². The number of rotatable bonds is 3. The van der Waals surface area contributed by atoms with Gasteiger partial charge in [-0.1, -0.05) is 23.7 Å². The summed E-state index contributed by atoms with van der Waals surface area (Å²) >= 11 is 6.27. The Hall–Kier alpha value is -4.50. The molecular formula is C25H16ClN7O2. The molecule has 170 valence electrons. The van der Waals surface area contributed by atoms with Crippen molar-refractivity contribution in [3.05, 3.63) is 101 Å². The Morgan fingerprint density at radius 3 is 2.77 bits per heavy atom. The largest absolute Gasteiger partial charge is 0.461 e. The molecular weight excluding hydrogens is 466 g/mol. The second-order valence-corrected chi connectivity index (χ2v) is 8.60. The number of nitrogens with zero attached hydrogens (tertiary/aromatic N) is 7. The monoisotopic (exact) mass is 481 g/mol. The van der Waals surface area contributed by atoms with Crippen LogP contribution < -0.4 is 4.74 Å². The topological polar surface area (TPSA) is 96.2 Å². The molecule has 1 atom stereocenters. The van der Waals surface area contributed by atoms with Gasteiger partial charge in [-0.3, -0.25) is 4.98 Å². The normalized spacial score (nSPS) is 14.5. The van der Waals surface area contributed by atoms with Crippen molar-refractivity contribution in [1.29, 1.82) is 0 Å². The van der Waals surface area contributed by atoms with Crippen molar-refractivity contribution in [2.24, 2.45) is 0 Å². The lowest BCUT2D eigenvalue weighted by Gasteiger charge is -2.26. The molecule has 0 amide bonds. The van der Waals surface area contributed by atoms with Gasteiger partial charge in [0, 0.05) is 17.4 Å². The number of halogens is 1. The smallest absolute Gasteiger partial charge is 0.230 e. The first kappa shape index (κ1) is 19.9. The molecule has 0 radical (unpaired) electrons. The molecule has 0 unspecified atom stereocenters. The molecule has 7 rings (SSSR count). The molecule has 6 aromatic rings. The number of benzene rings is 1. The lowest BCUT2D eigenvalue weighted by Crippen LogP contribution is -2.16. The molecule has 0 bridgehead atoms. The van der Waals surface area contributed by atoms with E-state index in [1.807, 2.05) is 55.6 Å². The molecule has 0 saturated heterocycles. The van der Waals surface area contributed by atoms with Gasteiger partial charge in [0.1, 0.15) is 6.33 Å². The van der Waals surface area contributed by atoms with Gasteiger partial charge in [0.05, 0.1) is 34.7 Å². The standard InChI is InChI=1S/C25H16ClN7O2/c1-14-19-20(15-5-3-9-27-12-15)21-23-29-22(18-8-4-10-34-18)31-32(23)13-28-24(21)35-25(19)33(30-14)17-7-2-6-16(26)11-17/h2-13,20H,1H3/t20-/m1/s1. The number of ether oxygens (including phenoxy) is 1. The zero-order chi connectivity index (χ0) is 23.5. The molecule has 0 aliphatic carbocycles. The zero-order valence-electron chi connectivity index (χ0n) is 18.3. The third-order valence-corrected chi connectivity index (χ3v) is 6.27. The van der Waals surface area contributed by atoms with Crippen molar-refractivity contribution in [3.8, 4) is 29.0 Å². The Labute approximate surface area is 203 Å². The lowest BCUT2D eigenvalue weighted by atomic mass is 9.85. The Morgan fingerprint density at radius 1 is 1.03 bits per heavy atom. The van der Waals surface area contributed by atoms with E-state index in [0.717, 1.165) is 28.1 Å². The van der Waals surface area contributed by atoms with Crippen LogP contribution in [0.15, 0.2) is 77.9 Å². The van der Waals surface area contributed by atoms with Crippen molar-refractivity contribution >= 4 is 17.2 Å². The first-order chi connectivity index (χ1) is 17.2. The number of hydrogen-bond donors (Lipinski definition) is 0. The van der Waals surface area contributed by atoms with E-state index in [-0.39, 0.29) is 5.92 Å².